The number of nitrogens with zero attached hydrogens (tertiary/aromatic N) is 2. The minimum atomic E-state index is -3.92. The number of hydrogen-bond acceptors (Lipinski definition) is 5. The lowest BCUT2D eigenvalue weighted by Gasteiger charge is -2.30. The van der Waals surface area contributed by atoms with Crippen LogP contribution in [0.25, 0.3) is 0 Å². The molecule has 0 saturated heterocycles. The van der Waals surface area contributed by atoms with Crippen LogP contribution in [0, 0.1) is 0 Å². The van der Waals surface area contributed by atoms with Crippen molar-refractivity contribution in [3.8, 4) is 5.75 Å². The van der Waals surface area contributed by atoms with Crippen molar-refractivity contribution in [3.63, 3.8) is 0 Å². The summed E-state index contributed by atoms with van der Waals surface area (Å²) in [6.45, 7) is 3.88. The maximum atomic E-state index is 13.3. The molecule has 0 aliphatic heterocycles. The van der Waals surface area contributed by atoms with Crippen molar-refractivity contribution < 1.29 is 22.7 Å². The van der Waals surface area contributed by atoms with Crippen LogP contribution in [-0.4, -0.2) is 62.7 Å². The summed E-state index contributed by atoms with van der Waals surface area (Å²) < 4.78 is 32.0. The summed E-state index contributed by atoms with van der Waals surface area (Å²) >= 11 is 5.86. The Labute approximate surface area is 206 Å². The number of halogens is 1. The molecule has 0 aromatic heterocycles. The summed E-state index contributed by atoms with van der Waals surface area (Å²) in [6, 6.07) is 12.1. The van der Waals surface area contributed by atoms with Crippen LogP contribution in [-0.2, 0) is 26.2 Å². The van der Waals surface area contributed by atoms with Gasteiger partial charge in [0.25, 0.3) is 0 Å². The van der Waals surface area contributed by atoms with E-state index in [9.17, 15) is 18.0 Å². The van der Waals surface area contributed by atoms with Crippen LogP contribution in [0.15, 0.2) is 53.4 Å². The number of carbonyl (C=O) groups excluding carboxylic acids is 2. The number of rotatable bonds is 12. The Morgan fingerprint density at radius 3 is 2.26 bits per heavy atom. The minimum Gasteiger partial charge on any atom is -0.497 e. The zero-order valence-electron chi connectivity index (χ0n) is 20.0. The monoisotopic (exact) mass is 509 g/mol. The van der Waals surface area contributed by atoms with Gasteiger partial charge in [-0.25, -0.2) is 8.42 Å². The van der Waals surface area contributed by atoms with Crippen molar-refractivity contribution in [2.75, 3.05) is 27.2 Å². The molecular weight excluding hydrogens is 478 g/mol. The number of amides is 2. The predicted octanol–water partition coefficient (Wildman–Crippen LogP) is 3.30. The highest BCUT2D eigenvalue weighted by Crippen LogP contribution is 2.19. The smallest absolute Gasteiger partial charge is 0.243 e. The van der Waals surface area contributed by atoms with E-state index >= 15 is 0 Å². The molecule has 1 unspecified atom stereocenters. The first-order valence-corrected chi connectivity index (χ1v) is 12.8. The molecule has 186 valence electrons. The van der Waals surface area contributed by atoms with E-state index in [-0.39, 0.29) is 17.3 Å². The Hall–Kier alpha value is -2.62. The van der Waals surface area contributed by atoms with E-state index in [1.807, 2.05) is 6.92 Å². The van der Waals surface area contributed by atoms with Gasteiger partial charge in [0.15, 0.2) is 0 Å². The van der Waals surface area contributed by atoms with Crippen LogP contribution in [0.2, 0.25) is 5.02 Å². The number of sulfonamides is 1. The number of hydrogen-bond donors (Lipinski definition) is 1. The van der Waals surface area contributed by atoms with Gasteiger partial charge in [0, 0.05) is 25.2 Å². The SMILES string of the molecule is CCCCNC(=O)C(C)N(Cc1ccc(OC)cc1)C(=O)CN(C)S(=O)(=O)c1ccc(Cl)cc1. The second-order valence-electron chi connectivity index (χ2n) is 7.91. The highest BCUT2D eigenvalue weighted by molar-refractivity contribution is 7.89. The fourth-order valence-corrected chi connectivity index (χ4v) is 4.45. The highest BCUT2D eigenvalue weighted by atomic mass is 35.5. The molecular formula is C24H32ClN3O5S. The van der Waals surface area contributed by atoms with Crippen molar-refractivity contribution in [1.82, 2.24) is 14.5 Å². The first-order valence-electron chi connectivity index (χ1n) is 11.0. The Morgan fingerprint density at radius 2 is 1.71 bits per heavy atom. The van der Waals surface area contributed by atoms with Crippen LogP contribution in [0.3, 0.4) is 0 Å². The number of ether oxygens (including phenoxy) is 1. The van der Waals surface area contributed by atoms with Crippen molar-refractivity contribution >= 4 is 33.4 Å². The van der Waals surface area contributed by atoms with Gasteiger partial charge >= 0.3 is 0 Å². The predicted molar refractivity (Wildman–Crippen MR) is 132 cm³/mol. The minimum absolute atomic E-state index is 0.0271. The van der Waals surface area contributed by atoms with Crippen LogP contribution in [0.1, 0.15) is 32.3 Å². The van der Waals surface area contributed by atoms with E-state index in [0.717, 1.165) is 22.7 Å². The lowest BCUT2D eigenvalue weighted by molar-refractivity contribution is -0.140. The van der Waals surface area contributed by atoms with Crippen LogP contribution in [0.4, 0.5) is 0 Å². The molecule has 10 heteroatoms. The van der Waals surface area contributed by atoms with E-state index in [1.54, 1.807) is 38.3 Å². The van der Waals surface area contributed by atoms with Crippen LogP contribution >= 0.6 is 11.6 Å². The Bertz CT molecular complexity index is 1060. The molecule has 0 aliphatic rings. The molecule has 1 N–H and O–H groups in total. The fraction of sp³-hybridized carbons (Fsp3) is 0.417. The Morgan fingerprint density at radius 1 is 1.09 bits per heavy atom. The molecule has 0 heterocycles. The third kappa shape index (κ3) is 7.44. The second kappa shape index (κ2) is 12.7. The van der Waals surface area contributed by atoms with Gasteiger partial charge in [-0.05, 0) is 55.3 Å². The van der Waals surface area contributed by atoms with Crippen molar-refractivity contribution in [3.05, 3.63) is 59.1 Å². The maximum absolute atomic E-state index is 13.3. The molecule has 0 radical (unpaired) electrons. The fourth-order valence-electron chi connectivity index (χ4n) is 3.20. The number of nitrogens with one attached hydrogen (secondary N) is 1. The summed E-state index contributed by atoms with van der Waals surface area (Å²) in [5.74, 6) is -0.117. The second-order valence-corrected chi connectivity index (χ2v) is 10.4. The molecule has 0 spiro atoms. The van der Waals surface area contributed by atoms with E-state index in [2.05, 4.69) is 5.32 Å². The van der Waals surface area contributed by atoms with Crippen molar-refractivity contribution in [2.24, 2.45) is 0 Å². The lowest BCUT2D eigenvalue weighted by atomic mass is 10.1. The summed E-state index contributed by atoms with van der Waals surface area (Å²) in [6.07, 6.45) is 1.75. The third-order valence-corrected chi connectivity index (χ3v) is 7.46. The molecule has 2 rings (SSSR count). The van der Waals surface area contributed by atoms with Gasteiger partial charge in [-0.3, -0.25) is 9.59 Å². The molecule has 2 aromatic carbocycles. The summed E-state index contributed by atoms with van der Waals surface area (Å²) in [5.41, 5.74) is 0.783. The molecule has 34 heavy (non-hydrogen) atoms. The lowest BCUT2D eigenvalue weighted by Crippen LogP contribution is -2.50. The average Bonchev–Trinajstić information content (AvgIpc) is 2.82. The summed E-state index contributed by atoms with van der Waals surface area (Å²) in [7, 11) is -1.03. The van der Waals surface area contributed by atoms with Crippen LogP contribution < -0.4 is 10.1 Å². The van der Waals surface area contributed by atoms with E-state index < -0.39 is 28.5 Å². The van der Waals surface area contributed by atoms with E-state index in [0.29, 0.717) is 17.3 Å². The first-order chi connectivity index (χ1) is 16.1. The number of unbranched alkanes of at least 4 members (excludes halogenated alkanes) is 1. The van der Waals surface area contributed by atoms with Gasteiger partial charge in [0.2, 0.25) is 21.8 Å². The molecule has 0 fully saturated rings. The Balaban J connectivity index is 2.23. The van der Waals surface area contributed by atoms with E-state index in [1.165, 1.54) is 36.2 Å². The van der Waals surface area contributed by atoms with Gasteiger partial charge in [-0.2, -0.15) is 4.31 Å². The molecule has 0 aliphatic carbocycles. The van der Waals surface area contributed by atoms with Gasteiger partial charge in [0.1, 0.15) is 11.8 Å². The standard InChI is InChI=1S/C24H32ClN3O5S/c1-5-6-15-26-24(30)18(2)28(16-19-7-11-21(33-4)12-8-19)23(29)17-27(3)34(31,32)22-13-9-20(25)10-14-22/h7-14,18H,5-6,15-17H2,1-4H3,(H,26,30). The van der Waals surface area contributed by atoms with Crippen molar-refractivity contribution in [2.45, 2.75) is 44.2 Å². The summed E-state index contributed by atoms with van der Waals surface area (Å²) in [5, 5.41) is 3.25. The largest absolute Gasteiger partial charge is 0.497 e. The topological polar surface area (TPSA) is 96.0 Å². The number of carbonyl (C=O) groups is 2. The molecule has 2 aromatic rings. The maximum Gasteiger partial charge on any atom is 0.243 e. The zero-order valence-corrected chi connectivity index (χ0v) is 21.5. The number of methoxy groups -OCH3 is 1. The molecule has 0 saturated carbocycles. The summed E-state index contributed by atoms with van der Waals surface area (Å²) in [4.78, 5) is 27.4. The van der Waals surface area contributed by atoms with Gasteiger partial charge in [-0.1, -0.05) is 37.1 Å². The van der Waals surface area contributed by atoms with Crippen molar-refractivity contribution in [1.29, 1.82) is 0 Å². The number of likely N-dealkylation sites (N-methyl/N-ethyl adjacent to an activating group) is 1. The molecule has 1 atom stereocenters. The normalized spacial score (nSPS) is 12.3. The molecule has 0 bridgehead atoms. The van der Waals surface area contributed by atoms with E-state index in [4.69, 9.17) is 16.3 Å². The quantitative estimate of drug-likeness (QED) is 0.443. The van der Waals surface area contributed by atoms with Gasteiger partial charge in [-0.15, -0.1) is 0 Å². The molecule has 8 nitrogen and oxygen atoms in total. The average molecular weight is 510 g/mol. The number of benzene rings is 2. The Kier molecular flexibility index (Phi) is 10.3. The third-order valence-electron chi connectivity index (χ3n) is 5.39. The highest BCUT2D eigenvalue weighted by Gasteiger charge is 2.30. The molecule has 2 amide bonds. The first kappa shape index (κ1) is 27.6. The van der Waals surface area contributed by atoms with Gasteiger partial charge < -0.3 is 15.0 Å². The van der Waals surface area contributed by atoms with Crippen LogP contribution in [0.5, 0.6) is 5.75 Å². The van der Waals surface area contributed by atoms with Gasteiger partial charge in [0.05, 0.1) is 18.6 Å². The zero-order chi connectivity index (χ0) is 25.3.